The van der Waals surface area contributed by atoms with Crippen LogP contribution in [0.5, 0.6) is 0 Å². The minimum absolute atomic E-state index is 0.0325. The first-order chi connectivity index (χ1) is 12.3. The molecule has 3 aromatic rings. The molecule has 3 rings (SSSR count). The molecule has 0 aliphatic heterocycles. The number of carbonyl (C=O) groups excluding carboxylic acids is 1. The van der Waals surface area contributed by atoms with E-state index in [9.17, 15) is 22.4 Å². The second-order valence-electron chi connectivity index (χ2n) is 5.56. The van der Waals surface area contributed by atoms with E-state index in [2.05, 4.69) is 15.4 Å². The number of Topliss-reactive ketones (excluding diaryl/α,β-unsaturated/α-hetero) is 1. The second kappa shape index (κ2) is 6.66. The molecule has 1 unspecified atom stereocenters. The Morgan fingerprint density at radius 2 is 1.81 bits per heavy atom. The van der Waals surface area contributed by atoms with Gasteiger partial charge < -0.3 is 0 Å². The van der Waals surface area contributed by atoms with Gasteiger partial charge in [0.25, 0.3) is 0 Å². The molecule has 26 heavy (non-hydrogen) atoms. The van der Waals surface area contributed by atoms with Crippen LogP contribution in [0.25, 0.3) is 11.4 Å². The average Bonchev–Trinajstić information content (AvgIpc) is 3.10. The van der Waals surface area contributed by atoms with Crippen LogP contribution in [-0.4, -0.2) is 26.0 Å². The van der Waals surface area contributed by atoms with Crippen LogP contribution in [0.4, 0.5) is 17.6 Å². The molecule has 0 aliphatic rings. The molecule has 0 amide bonds. The van der Waals surface area contributed by atoms with E-state index in [0.29, 0.717) is 0 Å². The zero-order chi connectivity index (χ0) is 18.9. The van der Waals surface area contributed by atoms with E-state index in [1.54, 1.807) is 0 Å². The zero-order valence-corrected chi connectivity index (χ0v) is 13.4. The number of hydrogen-bond acceptors (Lipinski definition) is 4. The first-order valence-corrected chi connectivity index (χ1v) is 7.52. The Bertz CT molecular complexity index is 934. The highest BCUT2D eigenvalue weighted by Crippen LogP contribution is 2.31. The minimum Gasteiger partial charge on any atom is -0.292 e. The van der Waals surface area contributed by atoms with Gasteiger partial charge in [-0.15, -0.1) is 10.2 Å². The first-order valence-electron chi connectivity index (χ1n) is 7.52. The van der Waals surface area contributed by atoms with Gasteiger partial charge >= 0.3 is 6.18 Å². The van der Waals surface area contributed by atoms with Gasteiger partial charge in [0.2, 0.25) is 5.82 Å². The fraction of sp³-hybridized carbons (Fsp3) is 0.176. The minimum atomic E-state index is -4.49. The molecule has 0 saturated carbocycles. The summed E-state index contributed by atoms with van der Waals surface area (Å²) < 4.78 is 51.4. The van der Waals surface area contributed by atoms with Crippen molar-refractivity contribution < 1.29 is 22.4 Å². The molecule has 0 spiro atoms. The van der Waals surface area contributed by atoms with Crippen LogP contribution < -0.4 is 0 Å². The largest absolute Gasteiger partial charge is 0.416 e. The van der Waals surface area contributed by atoms with Gasteiger partial charge in [0.05, 0.1) is 5.56 Å². The van der Waals surface area contributed by atoms with E-state index < -0.39 is 23.6 Å². The Kier molecular flexibility index (Phi) is 4.54. The van der Waals surface area contributed by atoms with E-state index in [0.717, 1.165) is 29.1 Å². The van der Waals surface area contributed by atoms with E-state index in [-0.39, 0.29) is 22.7 Å². The van der Waals surface area contributed by atoms with Crippen LogP contribution in [-0.2, 0) is 6.18 Å². The van der Waals surface area contributed by atoms with Crippen LogP contribution in [0.15, 0.2) is 48.5 Å². The predicted octanol–water partition coefficient (Wildman–Crippen LogP) is 3.94. The Labute approximate surface area is 145 Å². The lowest BCUT2D eigenvalue weighted by molar-refractivity contribution is -0.137. The molecule has 5 nitrogen and oxygen atoms in total. The Balaban J connectivity index is 1.85. The fourth-order valence-corrected chi connectivity index (χ4v) is 2.30. The predicted molar refractivity (Wildman–Crippen MR) is 83.7 cm³/mol. The number of rotatable bonds is 4. The highest BCUT2D eigenvalue weighted by Gasteiger charge is 2.31. The lowest BCUT2D eigenvalue weighted by Crippen LogP contribution is -2.19. The molecular weight excluding hydrogens is 352 g/mol. The van der Waals surface area contributed by atoms with Crippen LogP contribution in [0.2, 0.25) is 0 Å². The van der Waals surface area contributed by atoms with Gasteiger partial charge in [-0.05, 0) is 48.5 Å². The monoisotopic (exact) mass is 364 g/mol. The Morgan fingerprint density at radius 3 is 2.46 bits per heavy atom. The summed E-state index contributed by atoms with van der Waals surface area (Å²) in [4.78, 5) is 13.4. The van der Waals surface area contributed by atoms with Gasteiger partial charge in [-0.1, -0.05) is 12.1 Å². The van der Waals surface area contributed by atoms with Crippen molar-refractivity contribution in [3.8, 4) is 11.4 Å². The van der Waals surface area contributed by atoms with Crippen LogP contribution in [0, 0.1) is 5.82 Å². The summed E-state index contributed by atoms with van der Waals surface area (Å²) in [5.41, 5.74) is -0.439. The molecular formula is C17H12F4N4O. The molecule has 1 heterocycles. The summed E-state index contributed by atoms with van der Waals surface area (Å²) in [5.74, 6) is -0.882. The van der Waals surface area contributed by atoms with Crippen LogP contribution in [0.3, 0.4) is 0 Å². The van der Waals surface area contributed by atoms with Crippen LogP contribution >= 0.6 is 0 Å². The topological polar surface area (TPSA) is 60.7 Å². The van der Waals surface area contributed by atoms with Crippen molar-refractivity contribution in [2.45, 2.75) is 19.1 Å². The van der Waals surface area contributed by atoms with E-state index in [1.807, 2.05) is 0 Å². The summed E-state index contributed by atoms with van der Waals surface area (Å²) in [6.45, 7) is 1.52. The summed E-state index contributed by atoms with van der Waals surface area (Å²) in [5, 5.41) is 11.5. The van der Waals surface area contributed by atoms with Gasteiger partial charge in [-0.25, -0.2) is 4.39 Å². The summed E-state index contributed by atoms with van der Waals surface area (Å²) in [6, 6.07) is 8.63. The summed E-state index contributed by atoms with van der Waals surface area (Å²) in [7, 11) is 0. The molecule has 0 bridgehead atoms. The van der Waals surface area contributed by atoms with Crippen molar-refractivity contribution in [3.05, 3.63) is 65.5 Å². The smallest absolute Gasteiger partial charge is 0.292 e. The van der Waals surface area contributed by atoms with E-state index >= 15 is 0 Å². The molecule has 0 radical (unpaired) electrons. The lowest BCUT2D eigenvalue weighted by Gasteiger charge is -2.09. The SMILES string of the molecule is CC(C(=O)c1ccc(F)cc1)n1nnc(-c2cccc(C(F)(F)F)c2)n1. The average molecular weight is 364 g/mol. The maximum Gasteiger partial charge on any atom is 0.416 e. The molecule has 0 fully saturated rings. The molecule has 1 aromatic heterocycles. The number of carbonyl (C=O) groups is 1. The van der Waals surface area contributed by atoms with Crippen molar-refractivity contribution in [1.29, 1.82) is 0 Å². The standard InChI is InChI=1S/C17H12F4N4O/c1-10(15(26)11-5-7-14(18)8-6-11)25-23-16(22-24-25)12-3-2-4-13(9-12)17(19,20)21/h2-10H,1H3. The fourth-order valence-electron chi connectivity index (χ4n) is 2.30. The maximum absolute atomic E-state index is 13.0. The van der Waals surface area contributed by atoms with Gasteiger partial charge in [0.1, 0.15) is 11.9 Å². The molecule has 9 heteroatoms. The van der Waals surface area contributed by atoms with Crippen molar-refractivity contribution in [3.63, 3.8) is 0 Å². The number of nitrogens with zero attached hydrogens (tertiary/aromatic N) is 4. The lowest BCUT2D eigenvalue weighted by atomic mass is 10.1. The summed E-state index contributed by atoms with van der Waals surface area (Å²) >= 11 is 0. The van der Waals surface area contributed by atoms with Gasteiger partial charge in [-0.3, -0.25) is 4.79 Å². The molecule has 2 aromatic carbocycles. The molecule has 0 saturated heterocycles. The van der Waals surface area contributed by atoms with E-state index in [1.165, 1.54) is 31.2 Å². The van der Waals surface area contributed by atoms with Crippen molar-refractivity contribution in [1.82, 2.24) is 20.2 Å². The van der Waals surface area contributed by atoms with Crippen molar-refractivity contribution in [2.75, 3.05) is 0 Å². The number of tetrazole rings is 1. The van der Waals surface area contributed by atoms with Crippen molar-refractivity contribution in [2.24, 2.45) is 0 Å². The number of alkyl halides is 3. The number of halogens is 4. The molecule has 1 atom stereocenters. The van der Waals surface area contributed by atoms with Gasteiger partial charge in [0, 0.05) is 11.1 Å². The quantitative estimate of drug-likeness (QED) is 0.520. The van der Waals surface area contributed by atoms with Gasteiger partial charge in [-0.2, -0.15) is 18.0 Å². The summed E-state index contributed by atoms with van der Waals surface area (Å²) in [6.07, 6.45) is -4.49. The number of ketones is 1. The van der Waals surface area contributed by atoms with Crippen molar-refractivity contribution >= 4 is 5.78 Å². The number of benzene rings is 2. The molecule has 0 N–H and O–H groups in total. The molecule has 134 valence electrons. The third-order valence-electron chi connectivity index (χ3n) is 3.73. The van der Waals surface area contributed by atoms with Gasteiger partial charge in [0.15, 0.2) is 5.78 Å². The Hall–Kier alpha value is -3.10. The maximum atomic E-state index is 13.0. The highest BCUT2D eigenvalue weighted by atomic mass is 19.4. The number of hydrogen-bond donors (Lipinski definition) is 0. The second-order valence-corrected chi connectivity index (χ2v) is 5.56. The third-order valence-corrected chi connectivity index (χ3v) is 3.73. The normalized spacial score (nSPS) is 12.8. The number of aromatic nitrogens is 4. The van der Waals surface area contributed by atoms with E-state index in [4.69, 9.17) is 0 Å². The highest BCUT2D eigenvalue weighted by molar-refractivity contribution is 5.98. The zero-order valence-electron chi connectivity index (χ0n) is 13.4. The third kappa shape index (κ3) is 3.61. The first kappa shape index (κ1) is 17.7. The Morgan fingerprint density at radius 1 is 1.12 bits per heavy atom. The molecule has 0 aliphatic carbocycles. The van der Waals surface area contributed by atoms with Crippen LogP contribution in [0.1, 0.15) is 28.9 Å².